The number of thiophene rings is 1. The molecule has 0 bridgehead atoms. The van der Waals surface area contributed by atoms with Crippen molar-refractivity contribution >= 4 is 39.1 Å². The molecule has 8 heteroatoms. The zero-order chi connectivity index (χ0) is 22.1. The van der Waals surface area contributed by atoms with Crippen molar-refractivity contribution in [3.8, 4) is 0 Å². The van der Waals surface area contributed by atoms with Crippen molar-refractivity contribution in [2.75, 3.05) is 11.9 Å². The fourth-order valence-electron chi connectivity index (χ4n) is 4.15. The van der Waals surface area contributed by atoms with Crippen LogP contribution in [0.1, 0.15) is 47.5 Å². The molecule has 162 valence electrons. The van der Waals surface area contributed by atoms with Gasteiger partial charge >= 0.3 is 5.97 Å². The van der Waals surface area contributed by atoms with E-state index in [2.05, 4.69) is 10.3 Å². The van der Waals surface area contributed by atoms with Crippen LogP contribution < -0.4 is 10.9 Å². The van der Waals surface area contributed by atoms with Gasteiger partial charge in [-0.05, 0) is 63.3 Å². The Hall–Kier alpha value is -3.00. The van der Waals surface area contributed by atoms with E-state index in [1.54, 1.807) is 19.9 Å². The molecular formula is C23H25N3O4S. The van der Waals surface area contributed by atoms with Gasteiger partial charge in [-0.25, -0.2) is 4.98 Å². The number of anilines is 1. The Labute approximate surface area is 184 Å². The summed E-state index contributed by atoms with van der Waals surface area (Å²) in [6.45, 7) is 5.60. The summed E-state index contributed by atoms with van der Waals surface area (Å²) in [6.07, 6.45) is 2.34. The Morgan fingerprint density at radius 2 is 2.13 bits per heavy atom. The Morgan fingerprint density at radius 3 is 2.87 bits per heavy atom. The summed E-state index contributed by atoms with van der Waals surface area (Å²) >= 11 is 1.47. The molecule has 2 aromatic heterocycles. The summed E-state index contributed by atoms with van der Waals surface area (Å²) < 4.78 is 6.65. The predicted octanol–water partition coefficient (Wildman–Crippen LogP) is 3.70. The standard InChI is InChI=1S/C23H25N3O4S/c1-4-30-23(29)16-9-6-10-17-19(16)20-21(31-17)24-14(3)26(22(20)28)12-18(27)25-15-8-5-7-13(2)11-15/h5,7-8,11,16H,4,6,9-10,12H2,1-3H3,(H,25,27). The Balaban J connectivity index is 1.72. The van der Waals surface area contributed by atoms with Crippen LogP contribution in [-0.2, 0) is 27.3 Å². The zero-order valence-electron chi connectivity index (χ0n) is 17.9. The average molecular weight is 440 g/mol. The first-order valence-electron chi connectivity index (χ1n) is 10.4. The molecule has 1 aliphatic carbocycles. The number of benzene rings is 1. The Kier molecular flexibility index (Phi) is 5.91. The van der Waals surface area contributed by atoms with E-state index in [1.165, 1.54) is 15.9 Å². The molecule has 3 aromatic rings. The van der Waals surface area contributed by atoms with E-state index in [0.717, 1.165) is 28.8 Å². The highest BCUT2D eigenvalue weighted by atomic mass is 32.1. The van der Waals surface area contributed by atoms with E-state index in [4.69, 9.17) is 4.74 Å². The van der Waals surface area contributed by atoms with Gasteiger partial charge in [0.1, 0.15) is 17.2 Å². The third-order valence-electron chi connectivity index (χ3n) is 5.54. The highest BCUT2D eigenvalue weighted by Gasteiger charge is 2.33. The maximum Gasteiger partial charge on any atom is 0.313 e. The minimum absolute atomic E-state index is 0.143. The molecule has 1 aliphatic rings. The molecule has 1 aromatic carbocycles. The van der Waals surface area contributed by atoms with Crippen molar-refractivity contribution in [3.63, 3.8) is 0 Å². The lowest BCUT2D eigenvalue weighted by molar-refractivity contribution is -0.145. The van der Waals surface area contributed by atoms with E-state index in [-0.39, 0.29) is 24.0 Å². The maximum absolute atomic E-state index is 13.4. The molecule has 7 nitrogen and oxygen atoms in total. The topological polar surface area (TPSA) is 90.3 Å². The van der Waals surface area contributed by atoms with E-state index in [9.17, 15) is 14.4 Å². The fourth-order valence-corrected chi connectivity index (χ4v) is 5.46. The van der Waals surface area contributed by atoms with Crippen LogP contribution in [0.3, 0.4) is 0 Å². The molecule has 0 fully saturated rings. The number of amides is 1. The molecule has 0 spiro atoms. The van der Waals surface area contributed by atoms with Crippen LogP contribution in [0.4, 0.5) is 5.69 Å². The second kappa shape index (κ2) is 8.63. The lowest BCUT2D eigenvalue weighted by Gasteiger charge is -2.21. The van der Waals surface area contributed by atoms with Crippen LogP contribution >= 0.6 is 11.3 Å². The van der Waals surface area contributed by atoms with E-state index < -0.39 is 5.92 Å². The van der Waals surface area contributed by atoms with Crippen molar-refractivity contribution in [1.29, 1.82) is 0 Å². The zero-order valence-corrected chi connectivity index (χ0v) is 18.7. The molecule has 0 radical (unpaired) electrons. The molecule has 0 aliphatic heterocycles. The molecule has 1 unspecified atom stereocenters. The predicted molar refractivity (Wildman–Crippen MR) is 121 cm³/mol. The number of rotatable bonds is 5. The number of ether oxygens (including phenoxy) is 1. The number of nitrogens with zero attached hydrogens (tertiary/aromatic N) is 2. The maximum atomic E-state index is 13.4. The quantitative estimate of drug-likeness (QED) is 0.612. The Bertz CT molecular complexity index is 1230. The fraction of sp³-hybridized carbons (Fsp3) is 0.391. The van der Waals surface area contributed by atoms with Crippen LogP contribution in [-0.4, -0.2) is 28.0 Å². The van der Waals surface area contributed by atoms with Crippen molar-refractivity contribution in [3.05, 3.63) is 56.4 Å². The van der Waals surface area contributed by atoms with Crippen LogP contribution in [0.5, 0.6) is 0 Å². The van der Waals surface area contributed by atoms with Gasteiger partial charge in [-0.1, -0.05) is 12.1 Å². The number of carbonyl (C=O) groups is 2. The number of aromatic nitrogens is 2. The molecule has 2 heterocycles. The number of aryl methyl sites for hydroxylation is 3. The second-order valence-corrected chi connectivity index (χ2v) is 8.87. The summed E-state index contributed by atoms with van der Waals surface area (Å²) in [4.78, 5) is 44.9. The van der Waals surface area contributed by atoms with Gasteiger partial charge in [0.05, 0.1) is 17.9 Å². The SMILES string of the molecule is CCOC(=O)C1CCCc2sc3nc(C)n(CC(=O)Nc4cccc(C)c4)c(=O)c3c21. The summed E-state index contributed by atoms with van der Waals surface area (Å²) in [7, 11) is 0. The van der Waals surface area contributed by atoms with Crippen LogP contribution in [0, 0.1) is 13.8 Å². The molecular weight excluding hydrogens is 414 g/mol. The molecule has 1 amide bonds. The van der Waals surface area contributed by atoms with Gasteiger partial charge in [-0.15, -0.1) is 11.3 Å². The van der Waals surface area contributed by atoms with Crippen LogP contribution in [0.2, 0.25) is 0 Å². The molecule has 1 N–H and O–H groups in total. The average Bonchev–Trinajstić information content (AvgIpc) is 3.09. The highest BCUT2D eigenvalue weighted by Crippen LogP contribution is 2.41. The number of hydrogen-bond donors (Lipinski definition) is 1. The summed E-state index contributed by atoms with van der Waals surface area (Å²) in [5.74, 6) is -0.581. The summed E-state index contributed by atoms with van der Waals surface area (Å²) in [5, 5.41) is 3.29. The van der Waals surface area contributed by atoms with Crippen molar-refractivity contribution < 1.29 is 14.3 Å². The van der Waals surface area contributed by atoms with E-state index >= 15 is 0 Å². The lowest BCUT2D eigenvalue weighted by atomic mass is 9.86. The van der Waals surface area contributed by atoms with Crippen molar-refractivity contribution in [2.45, 2.75) is 52.5 Å². The van der Waals surface area contributed by atoms with Crippen LogP contribution in [0.15, 0.2) is 29.1 Å². The largest absolute Gasteiger partial charge is 0.466 e. The lowest BCUT2D eigenvalue weighted by Crippen LogP contribution is -2.31. The number of fused-ring (bicyclic) bond motifs is 3. The number of esters is 1. The van der Waals surface area contributed by atoms with Crippen molar-refractivity contribution in [2.24, 2.45) is 0 Å². The first-order chi connectivity index (χ1) is 14.9. The highest BCUT2D eigenvalue weighted by molar-refractivity contribution is 7.18. The molecule has 0 saturated heterocycles. The molecule has 0 saturated carbocycles. The number of carbonyl (C=O) groups excluding carboxylic acids is 2. The smallest absolute Gasteiger partial charge is 0.313 e. The summed E-state index contributed by atoms with van der Waals surface area (Å²) in [6, 6.07) is 7.49. The summed E-state index contributed by atoms with van der Waals surface area (Å²) in [5.41, 5.74) is 2.18. The van der Waals surface area contributed by atoms with Gasteiger partial charge < -0.3 is 10.1 Å². The third-order valence-corrected chi connectivity index (χ3v) is 6.70. The Morgan fingerprint density at radius 1 is 1.32 bits per heavy atom. The minimum atomic E-state index is -0.454. The number of nitrogens with one attached hydrogen (secondary N) is 1. The molecule has 31 heavy (non-hydrogen) atoms. The van der Waals surface area contributed by atoms with Gasteiger partial charge in [0.2, 0.25) is 5.91 Å². The third kappa shape index (κ3) is 4.12. The first-order valence-corrected chi connectivity index (χ1v) is 11.3. The van der Waals surface area contributed by atoms with Gasteiger partial charge in [0.25, 0.3) is 5.56 Å². The number of hydrogen-bond acceptors (Lipinski definition) is 6. The van der Waals surface area contributed by atoms with Gasteiger partial charge in [0, 0.05) is 10.6 Å². The first kappa shape index (κ1) is 21.2. The van der Waals surface area contributed by atoms with Gasteiger partial charge in [-0.3, -0.25) is 19.0 Å². The van der Waals surface area contributed by atoms with Gasteiger partial charge in [0.15, 0.2) is 0 Å². The molecule has 4 rings (SSSR count). The normalized spacial score (nSPS) is 15.5. The second-order valence-electron chi connectivity index (χ2n) is 7.78. The van der Waals surface area contributed by atoms with E-state index in [0.29, 0.717) is 34.8 Å². The van der Waals surface area contributed by atoms with Gasteiger partial charge in [-0.2, -0.15) is 0 Å². The monoisotopic (exact) mass is 439 g/mol. The van der Waals surface area contributed by atoms with E-state index in [1.807, 2.05) is 25.1 Å². The van der Waals surface area contributed by atoms with Crippen molar-refractivity contribution in [1.82, 2.24) is 9.55 Å². The minimum Gasteiger partial charge on any atom is -0.466 e. The molecule has 1 atom stereocenters. The van der Waals surface area contributed by atoms with Crippen LogP contribution in [0.25, 0.3) is 10.2 Å².